The van der Waals surface area contributed by atoms with E-state index in [1.165, 1.54) is 5.01 Å². The van der Waals surface area contributed by atoms with Gasteiger partial charge in [0.25, 0.3) is 0 Å². The van der Waals surface area contributed by atoms with Crippen LogP contribution >= 0.6 is 0 Å². The molecule has 3 rings (SSSR count). The number of aromatic nitrogens is 1. The number of carboxylic acid groups (broad SMARTS) is 1. The minimum atomic E-state index is -5.08. The molecule has 1 aliphatic heterocycles. The summed E-state index contributed by atoms with van der Waals surface area (Å²) in [6.07, 6.45) is 0.0996. The van der Waals surface area contributed by atoms with Crippen molar-refractivity contribution in [1.29, 1.82) is 0 Å². The maximum Gasteiger partial charge on any atom is 0.490 e. The van der Waals surface area contributed by atoms with Gasteiger partial charge < -0.3 is 5.11 Å². The largest absolute Gasteiger partial charge is 0.490 e. The van der Waals surface area contributed by atoms with Crippen LogP contribution in [0, 0.1) is 0 Å². The maximum atomic E-state index is 11.8. The van der Waals surface area contributed by atoms with E-state index in [0.29, 0.717) is 19.3 Å². The molecule has 128 valence electrons. The molecule has 9 heteroatoms. The second-order valence-corrected chi connectivity index (χ2v) is 5.02. The Labute approximate surface area is 134 Å². The van der Waals surface area contributed by atoms with E-state index >= 15 is 0 Å². The number of piperidine rings is 1. The van der Waals surface area contributed by atoms with Gasteiger partial charge >= 0.3 is 12.1 Å². The average molecular weight is 342 g/mol. The fourth-order valence-corrected chi connectivity index (χ4v) is 2.18. The van der Waals surface area contributed by atoms with E-state index in [4.69, 9.17) is 9.90 Å². The molecule has 1 N–H and O–H groups in total. The Morgan fingerprint density at radius 2 is 1.42 bits per heavy atom. The molecule has 1 saturated heterocycles. The third-order valence-electron chi connectivity index (χ3n) is 3.27. The minimum absolute atomic E-state index is 0.124. The summed E-state index contributed by atoms with van der Waals surface area (Å²) < 4.78 is 33.3. The second-order valence-electron chi connectivity index (χ2n) is 5.02. The molecule has 2 aromatic rings. The Hall–Kier alpha value is -2.84. The lowest BCUT2D eigenvalue weighted by atomic mass is 10.1. The third kappa shape index (κ3) is 3.92. The predicted molar refractivity (Wildman–Crippen MR) is 77.7 cm³/mol. The van der Waals surface area contributed by atoms with Crippen LogP contribution in [-0.2, 0) is 14.4 Å². The molecule has 1 fully saturated rings. The lowest BCUT2D eigenvalue weighted by molar-refractivity contribution is -0.192. The molecule has 0 aliphatic carbocycles. The summed E-state index contributed by atoms with van der Waals surface area (Å²) in [5, 5.41) is 10.4. The van der Waals surface area contributed by atoms with Crippen LogP contribution in [0.15, 0.2) is 36.7 Å². The summed E-state index contributed by atoms with van der Waals surface area (Å²) in [5.74, 6) is -3.00. The number of nitrogens with zero attached hydrogens (tertiary/aromatic N) is 2. The van der Waals surface area contributed by atoms with E-state index in [2.05, 4.69) is 0 Å². The van der Waals surface area contributed by atoms with Crippen molar-refractivity contribution in [1.82, 2.24) is 4.68 Å². The number of carbonyl (C=O) groups excluding carboxylic acids is 2. The van der Waals surface area contributed by atoms with Gasteiger partial charge in [0, 0.05) is 36.0 Å². The van der Waals surface area contributed by atoms with Gasteiger partial charge in [-0.15, -0.1) is 0 Å². The first-order valence-electron chi connectivity index (χ1n) is 6.93. The fourth-order valence-electron chi connectivity index (χ4n) is 2.18. The standard InChI is InChI=1S/C13H12N2O2.C2HF3O2/c16-12-6-3-7-13(17)15(12)14-8-10-4-1-2-5-11(10)9-14;3-2(4,5)1(6)7/h1-2,4-5,8-9H,3,6-7H2;(H,6,7). The van der Waals surface area contributed by atoms with Crippen molar-refractivity contribution < 1.29 is 32.7 Å². The molecule has 0 saturated carbocycles. The fraction of sp³-hybridized carbons (Fsp3) is 0.267. The molecule has 0 radical (unpaired) electrons. The molecule has 0 bridgehead atoms. The smallest absolute Gasteiger partial charge is 0.475 e. The topological polar surface area (TPSA) is 79.6 Å². The van der Waals surface area contributed by atoms with Crippen molar-refractivity contribution >= 4 is 28.6 Å². The number of alkyl halides is 3. The summed E-state index contributed by atoms with van der Waals surface area (Å²) >= 11 is 0. The number of aliphatic carboxylic acids is 1. The maximum absolute atomic E-state index is 11.8. The Morgan fingerprint density at radius 3 is 1.79 bits per heavy atom. The first kappa shape index (κ1) is 17.5. The van der Waals surface area contributed by atoms with Crippen LogP contribution in [0.2, 0.25) is 0 Å². The summed E-state index contributed by atoms with van der Waals surface area (Å²) in [4.78, 5) is 32.4. The van der Waals surface area contributed by atoms with Crippen LogP contribution in [0.3, 0.4) is 0 Å². The highest BCUT2D eigenvalue weighted by atomic mass is 19.4. The molecule has 1 aliphatic rings. The van der Waals surface area contributed by atoms with Crippen LogP contribution in [0.5, 0.6) is 0 Å². The van der Waals surface area contributed by atoms with E-state index < -0.39 is 12.1 Å². The Bertz CT molecular complexity index is 733. The van der Waals surface area contributed by atoms with Crippen LogP contribution in [-0.4, -0.2) is 33.7 Å². The highest BCUT2D eigenvalue weighted by molar-refractivity contribution is 6.10. The molecule has 2 amide bonds. The molecule has 1 aromatic carbocycles. The van der Waals surface area contributed by atoms with Crippen LogP contribution in [0.1, 0.15) is 19.3 Å². The molecule has 24 heavy (non-hydrogen) atoms. The number of hydrogen-bond acceptors (Lipinski definition) is 3. The summed E-state index contributed by atoms with van der Waals surface area (Å²) in [6.45, 7) is 0. The monoisotopic (exact) mass is 342 g/mol. The van der Waals surface area contributed by atoms with Crippen LogP contribution < -0.4 is 5.01 Å². The normalized spacial score (nSPS) is 15.2. The van der Waals surface area contributed by atoms with Gasteiger partial charge in [-0.25, -0.2) is 4.79 Å². The zero-order valence-corrected chi connectivity index (χ0v) is 12.3. The van der Waals surface area contributed by atoms with Crippen molar-refractivity contribution in [3.63, 3.8) is 0 Å². The van der Waals surface area contributed by atoms with Crippen molar-refractivity contribution in [3.05, 3.63) is 36.7 Å². The molecule has 0 atom stereocenters. The number of benzene rings is 1. The summed E-state index contributed by atoms with van der Waals surface area (Å²) in [7, 11) is 0. The third-order valence-corrected chi connectivity index (χ3v) is 3.27. The van der Waals surface area contributed by atoms with Gasteiger partial charge in [-0.1, -0.05) is 24.3 Å². The molecule has 0 spiro atoms. The van der Waals surface area contributed by atoms with Crippen LogP contribution in [0.4, 0.5) is 13.2 Å². The highest BCUT2D eigenvalue weighted by Gasteiger charge is 2.38. The van der Waals surface area contributed by atoms with Gasteiger partial charge in [0.1, 0.15) is 0 Å². The molecule has 1 aromatic heterocycles. The number of amides is 2. The number of halogens is 3. The molecule has 2 heterocycles. The van der Waals surface area contributed by atoms with E-state index in [0.717, 1.165) is 10.8 Å². The van der Waals surface area contributed by atoms with Crippen molar-refractivity contribution in [2.24, 2.45) is 0 Å². The zero-order chi connectivity index (χ0) is 17.9. The first-order valence-corrected chi connectivity index (χ1v) is 6.93. The van der Waals surface area contributed by atoms with E-state index in [1.54, 1.807) is 4.68 Å². The van der Waals surface area contributed by atoms with Gasteiger partial charge in [0.05, 0.1) is 0 Å². The van der Waals surface area contributed by atoms with Gasteiger partial charge in [-0.3, -0.25) is 14.3 Å². The van der Waals surface area contributed by atoms with E-state index in [9.17, 15) is 22.8 Å². The number of rotatable bonds is 1. The second kappa shape index (κ2) is 6.73. The minimum Gasteiger partial charge on any atom is -0.475 e. The average Bonchev–Trinajstić information content (AvgIpc) is 2.90. The SMILES string of the molecule is O=C(O)C(F)(F)F.O=C1CCCC(=O)N1n1cc2ccccc2c1. The number of carbonyl (C=O) groups is 3. The van der Waals surface area contributed by atoms with Crippen LogP contribution in [0.25, 0.3) is 10.8 Å². The number of imide groups is 1. The quantitative estimate of drug-likeness (QED) is 0.808. The van der Waals surface area contributed by atoms with E-state index in [-0.39, 0.29) is 11.8 Å². The van der Waals surface area contributed by atoms with Crippen molar-refractivity contribution in [2.45, 2.75) is 25.4 Å². The first-order chi connectivity index (χ1) is 11.2. The number of fused-ring (bicyclic) bond motifs is 1. The summed E-state index contributed by atoms with van der Waals surface area (Å²) in [5.41, 5.74) is 0. The van der Waals surface area contributed by atoms with E-state index in [1.807, 2.05) is 36.7 Å². The number of carboxylic acids is 1. The van der Waals surface area contributed by atoms with Gasteiger partial charge in [0.15, 0.2) is 0 Å². The van der Waals surface area contributed by atoms with Gasteiger partial charge in [0.2, 0.25) is 11.8 Å². The van der Waals surface area contributed by atoms with Gasteiger partial charge in [-0.05, 0) is 6.42 Å². The molecular formula is C15H13F3N2O4. The Balaban J connectivity index is 0.000000256. The lowest BCUT2D eigenvalue weighted by Gasteiger charge is -2.25. The number of hydrogen-bond donors (Lipinski definition) is 1. The Kier molecular flexibility index (Phi) is 4.91. The molecular weight excluding hydrogens is 329 g/mol. The van der Waals surface area contributed by atoms with Crippen molar-refractivity contribution in [2.75, 3.05) is 5.01 Å². The highest BCUT2D eigenvalue weighted by Crippen LogP contribution is 2.18. The summed E-state index contributed by atoms with van der Waals surface area (Å²) in [6, 6.07) is 7.80. The van der Waals surface area contributed by atoms with Crippen molar-refractivity contribution in [3.8, 4) is 0 Å². The lowest BCUT2D eigenvalue weighted by Crippen LogP contribution is -2.47. The molecule has 0 unspecified atom stereocenters. The predicted octanol–water partition coefficient (Wildman–Crippen LogP) is 2.45. The zero-order valence-electron chi connectivity index (χ0n) is 12.3. The van der Waals surface area contributed by atoms with Gasteiger partial charge in [-0.2, -0.15) is 18.2 Å². The molecule has 6 nitrogen and oxygen atoms in total. The Morgan fingerprint density at radius 1 is 1.00 bits per heavy atom.